The van der Waals surface area contributed by atoms with Crippen molar-refractivity contribution < 1.29 is 26.5 Å². The molecule has 2 rings (SSSR count). The maximum atomic E-state index is 13.5. The lowest BCUT2D eigenvalue weighted by atomic mass is 10.3. The van der Waals surface area contributed by atoms with Crippen LogP contribution in [0, 0.1) is 5.82 Å². The Morgan fingerprint density at radius 3 is 2.60 bits per heavy atom. The van der Waals surface area contributed by atoms with Crippen LogP contribution in [0.3, 0.4) is 0 Å². The summed E-state index contributed by atoms with van der Waals surface area (Å²) in [6.45, 7) is 0.385. The first-order valence-corrected chi connectivity index (χ1v) is 9.06. The number of ether oxygens (including phenoxy) is 2. The SMILES string of the molecule is COc1c(F)cccc1S(=O)(=O)N=S1(=O)CCOCC1. The number of para-hydroxylation sites is 1. The topological polar surface area (TPSA) is 82.0 Å². The van der Waals surface area contributed by atoms with Gasteiger partial charge in [-0.2, -0.15) is 8.42 Å². The van der Waals surface area contributed by atoms with Crippen molar-refractivity contribution in [2.45, 2.75) is 4.90 Å². The predicted octanol–water partition coefficient (Wildman–Crippen LogP) is 1.02. The first kappa shape index (κ1) is 15.2. The van der Waals surface area contributed by atoms with Gasteiger partial charge in [0.1, 0.15) is 4.90 Å². The molecular formula is C11H14FNO5S2. The van der Waals surface area contributed by atoms with Gasteiger partial charge in [0.25, 0.3) is 10.0 Å². The van der Waals surface area contributed by atoms with Gasteiger partial charge in [0.15, 0.2) is 11.6 Å². The van der Waals surface area contributed by atoms with Crippen molar-refractivity contribution in [3.63, 3.8) is 0 Å². The van der Waals surface area contributed by atoms with Gasteiger partial charge in [-0.1, -0.05) is 6.07 Å². The lowest BCUT2D eigenvalue weighted by Gasteiger charge is -2.16. The molecule has 0 spiro atoms. The van der Waals surface area contributed by atoms with E-state index in [0.29, 0.717) is 0 Å². The third-order valence-corrected chi connectivity index (χ3v) is 7.10. The zero-order chi connectivity index (χ0) is 14.8. The highest BCUT2D eigenvalue weighted by Gasteiger charge is 2.25. The van der Waals surface area contributed by atoms with Crippen LogP contribution in [-0.2, 0) is 24.5 Å². The van der Waals surface area contributed by atoms with E-state index in [2.05, 4.69) is 3.77 Å². The van der Waals surface area contributed by atoms with Gasteiger partial charge in [0.2, 0.25) is 0 Å². The number of hydrogen-bond donors (Lipinski definition) is 0. The molecule has 0 saturated carbocycles. The fourth-order valence-corrected chi connectivity index (χ4v) is 5.74. The molecule has 1 aliphatic heterocycles. The number of methoxy groups -OCH3 is 1. The molecule has 0 aromatic heterocycles. The molecular weight excluding hydrogens is 309 g/mol. The Morgan fingerprint density at radius 1 is 1.35 bits per heavy atom. The zero-order valence-electron chi connectivity index (χ0n) is 10.7. The third-order valence-electron chi connectivity index (χ3n) is 2.74. The summed E-state index contributed by atoms with van der Waals surface area (Å²) < 4.78 is 63.5. The van der Waals surface area contributed by atoms with Crippen LogP contribution in [0.15, 0.2) is 26.9 Å². The second-order valence-electron chi connectivity index (χ2n) is 4.11. The van der Waals surface area contributed by atoms with Crippen LogP contribution < -0.4 is 4.74 Å². The quantitative estimate of drug-likeness (QED) is 0.829. The van der Waals surface area contributed by atoms with Crippen molar-refractivity contribution in [1.82, 2.24) is 0 Å². The lowest BCUT2D eigenvalue weighted by molar-refractivity contribution is 0.158. The fraction of sp³-hybridized carbons (Fsp3) is 0.455. The summed E-state index contributed by atoms with van der Waals surface area (Å²) in [5, 5.41) is 0. The maximum Gasteiger partial charge on any atom is 0.293 e. The summed E-state index contributed by atoms with van der Waals surface area (Å²) in [6, 6.07) is 3.48. The second kappa shape index (κ2) is 5.66. The van der Waals surface area contributed by atoms with Crippen LogP contribution in [0.5, 0.6) is 5.75 Å². The summed E-state index contributed by atoms with van der Waals surface area (Å²) in [4.78, 5) is -0.422. The molecule has 1 aliphatic rings. The molecule has 1 aromatic rings. The molecule has 0 aliphatic carbocycles. The van der Waals surface area contributed by atoms with E-state index in [0.717, 1.165) is 13.2 Å². The normalized spacial score (nSPS) is 18.5. The number of halogens is 1. The van der Waals surface area contributed by atoms with Gasteiger partial charge in [-0.15, -0.1) is 3.77 Å². The van der Waals surface area contributed by atoms with Crippen molar-refractivity contribution in [2.24, 2.45) is 3.77 Å². The van der Waals surface area contributed by atoms with Crippen molar-refractivity contribution in [2.75, 3.05) is 31.8 Å². The average molecular weight is 323 g/mol. The van der Waals surface area contributed by atoms with E-state index in [4.69, 9.17) is 9.47 Å². The molecule has 0 atom stereocenters. The van der Waals surface area contributed by atoms with Crippen LogP contribution in [0.1, 0.15) is 0 Å². The van der Waals surface area contributed by atoms with Crippen molar-refractivity contribution in [3.8, 4) is 5.75 Å². The minimum atomic E-state index is -4.25. The van der Waals surface area contributed by atoms with E-state index < -0.39 is 36.2 Å². The van der Waals surface area contributed by atoms with E-state index in [1.165, 1.54) is 12.1 Å². The second-order valence-corrected chi connectivity index (χ2v) is 8.46. The molecule has 0 radical (unpaired) electrons. The van der Waals surface area contributed by atoms with Gasteiger partial charge in [0.05, 0.1) is 41.6 Å². The molecule has 9 heteroatoms. The van der Waals surface area contributed by atoms with E-state index >= 15 is 0 Å². The maximum absolute atomic E-state index is 13.5. The molecule has 1 saturated heterocycles. The highest BCUT2D eigenvalue weighted by molar-refractivity contribution is 8.03. The van der Waals surface area contributed by atoms with E-state index in [9.17, 15) is 17.0 Å². The summed E-state index contributed by atoms with van der Waals surface area (Å²) in [6.07, 6.45) is 0. The minimum Gasteiger partial charge on any atom is -0.492 e. The van der Waals surface area contributed by atoms with E-state index in [-0.39, 0.29) is 24.7 Å². The van der Waals surface area contributed by atoms with Gasteiger partial charge in [-0.3, -0.25) is 0 Å². The highest BCUT2D eigenvalue weighted by Crippen LogP contribution is 2.29. The molecule has 112 valence electrons. The number of rotatable bonds is 3. The standard InChI is InChI=1S/C11H14FNO5S2/c1-17-11-9(12)3-2-4-10(11)20(15,16)13-19(14)7-5-18-6-8-19/h2-4H,5-8H2,1H3. The Hall–Kier alpha value is -1.19. The largest absolute Gasteiger partial charge is 0.492 e. The van der Waals surface area contributed by atoms with Crippen LogP contribution in [0.25, 0.3) is 0 Å². The molecule has 0 N–H and O–H groups in total. The summed E-state index contributed by atoms with van der Waals surface area (Å²) in [5.74, 6) is -1.15. The smallest absolute Gasteiger partial charge is 0.293 e. The van der Waals surface area contributed by atoms with Crippen molar-refractivity contribution >= 4 is 19.8 Å². The summed E-state index contributed by atoms with van der Waals surface area (Å²) in [7, 11) is -6.00. The average Bonchev–Trinajstić information content (AvgIpc) is 2.38. The van der Waals surface area contributed by atoms with E-state index in [1.807, 2.05) is 0 Å². The first-order chi connectivity index (χ1) is 9.38. The zero-order valence-corrected chi connectivity index (χ0v) is 12.4. The molecule has 6 nitrogen and oxygen atoms in total. The molecule has 1 fully saturated rings. The van der Waals surface area contributed by atoms with Crippen LogP contribution in [0.2, 0.25) is 0 Å². The van der Waals surface area contributed by atoms with Gasteiger partial charge in [-0.05, 0) is 12.1 Å². The number of hydrogen-bond acceptors (Lipinski definition) is 5. The first-order valence-electron chi connectivity index (χ1n) is 5.77. The van der Waals surface area contributed by atoms with Gasteiger partial charge in [0, 0.05) is 0 Å². The van der Waals surface area contributed by atoms with Crippen LogP contribution in [-0.4, -0.2) is 44.5 Å². The minimum absolute atomic E-state index is 0.0455. The molecule has 1 aromatic carbocycles. The summed E-state index contributed by atoms with van der Waals surface area (Å²) >= 11 is 0. The number of sulfonamides is 1. The lowest BCUT2D eigenvalue weighted by Crippen LogP contribution is -2.26. The Morgan fingerprint density at radius 2 is 2.00 bits per heavy atom. The molecule has 0 bridgehead atoms. The third kappa shape index (κ3) is 3.10. The molecule has 0 amide bonds. The Kier molecular flexibility index (Phi) is 4.31. The molecule has 0 unspecified atom stereocenters. The van der Waals surface area contributed by atoms with Crippen LogP contribution >= 0.6 is 0 Å². The highest BCUT2D eigenvalue weighted by atomic mass is 32.3. The van der Waals surface area contributed by atoms with Gasteiger partial charge < -0.3 is 9.47 Å². The molecule has 20 heavy (non-hydrogen) atoms. The fourth-order valence-electron chi connectivity index (χ4n) is 1.77. The monoisotopic (exact) mass is 323 g/mol. The number of benzene rings is 1. The van der Waals surface area contributed by atoms with Gasteiger partial charge in [-0.25, -0.2) is 8.60 Å². The van der Waals surface area contributed by atoms with Crippen molar-refractivity contribution in [1.29, 1.82) is 0 Å². The predicted molar refractivity (Wildman–Crippen MR) is 71.3 cm³/mol. The van der Waals surface area contributed by atoms with Crippen LogP contribution in [0.4, 0.5) is 4.39 Å². The van der Waals surface area contributed by atoms with Crippen molar-refractivity contribution in [3.05, 3.63) is 24.0 Å². The summed E-state index contributed by atoms with van der Waals surface area (Å²) in [5.41, 5.74) is 0. The Bertz CT molecular complexity index is 710. The number of nitrogens with zero attached hydrogens (tertiary/aromatic N) is 1. The van der Waals surface area contributed by atoms with E-state index in [1.54, 1.807) is 0 Å². The molecule has 1 heterocycles. The Labute approximate surface area is 117 Å². The Balaban J connectivity index is 2.54. The van der Waals surface area contributed by atoms with Gasteiger partial charge >= 0.3 is 0 Å².